The minimum Gasteiger partial charge on any atom is -0.477 e. The Morgan fingerprint density at radius 3 is 2.84 bits per heavy atom. The van der Waals surface area contributed by atoms with Crippen LogP contribution in [0.3, 0.4) is 0 Å². The number of rotatable bonds is 7. The molecule has 0 saturated carbocycles. The maximum absolute atomic E-state index is 12.8. The summed E-state index contributed by atoms with van der Waals surface area (Å²) >= 11 is 1.34. The molecule has 15 heteroatoms. The van der Waals surface area contributed by atoms with Gasteiger partial charge in [-0.05, 0) is 0 Å². The van der Waals surface area contributed by atoms with Gasteiger partial charge in [0.2, 0.25) is 11.5 Å². The van der Waals surface area contributed by atoms with Crippen LogP contribution in [0.1, 0.15) is 5.82 Å². The fourth-order valence-corrected chi connectivity index (χ4v) is 4.63. The first kappa shape index (κ1) is 21.2. The number of oxime groups is 1. The standard InChI is InChI=1S/C17H16N8O6S/c1-30-22-9(12-21-17(18)31-23-12)13(26)20-10-14(27)25-11(16(28)29)8(7-32-15(10)25)6-24-4-2-19-3-5-24/h2-5,10,15H,6-7H2,1H3,(H3-,18,20,21,23,26,28,29)/p+1/t10?,15-/m0/s1. The molecule has 4 N–H and O–H groups in total. The maximum atomic E-state index is 12.8. The van der Waals surface area contributed by atoms with Crippen LogP contribution >= 0.6 is 11.8 Å². The van der Waals surface area contributed by atoms with Crippen LogP contribution in [-0.2, 0) is 25.8 Å². The normalized spacial score (nSPS) is 20.5. The molecule has 2 aliphatic rings. The summed E-state index contributed by atoms with van der Waals surface area (Å²) in [4.78, 5) is 50.9. The van der Waals surface area contributed by atoms with Crippen LogP contribution in [0.15, 0.2) is 45.7 Å². The molecule has 1 saturated heterocycles. The summed E-state index contributed by atoms with van der Waals surface area (Å²) in [5, 5.41) is 18.8. The molecule has 0 aromatic carbocycles. The number of nitrogens with one attached hydrogen (secondary N) is 1. The second kappa shape index (κ2) is 8.62. The molecule has 0 radical (unpaired) electrons. The number of hydrogen-bond acceptors (Lipinski definition) is 11. The fraction of sp³-hybridized carbons (Fsp3) is 0.294. The van der Waals surface area contributed by atoms with Crippen LogP contribution in [-0.4, -0.2) is 72.9 Å². The molecule has 2 amide bonds. The van der Waals surface area contributed by atoms with Crippen LogP contribution in [0.5, 0.6) is 0 Å². The van der Waals surface area contributed by atoms with E-state index in [-0.39, 0.29) is 29.8 Å². The van der Waals surface area contributed by atoms with Gasteiger partial charge in [0.1, 0.15) is 24.2 Å². The van der Waals surface area contributed by atoms with E-state index in [1.807, 2.05) is 0 Å². The number of β-lactam (4-membered cyclic amide) rings is 1. The number of carbonyl (C=O) groups excluding carboxylic acids is 2. The Labute approximate surface area is 184 Å². The number of carbonyl (C=O) groups is 3. The van der Waals surface area contributed by atoms with Crippen LogP contribution in [0.25, 0.3) is 0 Å². The molecule has 0 bridgehead atoms. The van der Waals surface area contributed by atoms with Gasteiger partial charge in [0.05, 0.1) is 12.4 Å². The predicted molar refractivity (Wildman–Crippen MR) is 106 cm³/mol. The average molecular weight is 461 g/mol. The SMILES string of the molecule is CON=C(C(=O)NC1C(=O)N2C(C(=O)O)=C(C[n+]3ccncc3)CS[C@@H]12)c1noc(N)n1. The van der Waals surface area contributed by atoms with Gasteiger partial charge in [-0.1, -0.05) is 10.3 Å². The van der Waals surface area contributed by atoms with Gasteiger partial charge in [-0.25, -0.2) is 4.79 Å². The van der Waals surface area contributed by atoms with Crippen molar-refractivity contribution in [2.24, 2.45) is 5.16 Å². The van der Waals surface area contributed by atoms with E-state index in [2.05, 4.69) is 35.0 Å². The monoisotopic (exact) mass is 461 g/mol. The number of carboxylic acids is 1. The van der Waals surface area contributed by atoms with Crippen molar-refractivity contribution in [3.8, 4) is 0 Å². The Balaban J connectivity index is 1.53. The highest BCUT2D eigenvalue weighted by Crippen LogP contribution is 2.40. The molecule has 2 aromatic heterocycles. The molecule has 166 valence electrons. The highest BCUT2D eigenvalue weighted by molar-refractivity contribution is 8.00. The lowest BCUT2D eigenvalue weighted by Gasteiger charge is -2.49. The molecule has 14 nitrogen and oxygen atoms in total. The van der Waals surface area contributed by atoms with Crippen molar-refractivity contribution >= 4 is 41.3 Å². The van der Waals surface area contributed by atoms with Crippen LogP contribution in [0, 0.1) is 0 Å². The molecule has 2 aromatic rings. The molecule has 4 rings (SSSR count). The number of nitrogens with zero attached hydrogens (tertiary/aromatic N) is 6. The van der Waals surface area contributed by atoms with E-state index in [1.165, 1.54) is 23.8 Å². The smallest absolute Gasteiger partial charge is 0.352 e. The molecule has 2 aliphatic heterocycles. The minimum absolute atomic E-state index is 0.0923. The van der Waals surface area contributed by atoms with Gasteiger partial charge in [-0.15, -0.1) is 11.8 Å². The van der Waals surface area contributed by atoms with E-state index >= 15 is 0 Å². The topological polar surface area (TPSA) is 190 Å². The highest BCUT2D eigenvalue weighted by Gasteiger charge is 2.54. The van der Waals surface area contributed by atoms with Crippen molar-refractivity contribution in [3.05, 3.63) is 41.9 Å². The number of anilines is 1. The Bertz CT molecular complexity index is 1130. The Morgan fingerprint density at radius 1 is 1.47 bits per heavy atom. The van der Waals surface area contributed by atoms with Gasteiger partial charge in [0.15, 0.2) is 18.9 Å². The molecule has 32 heavy (non-hydrogen) atoms. The average Bonchev–Trinajstić information content (AvgIpc) is 3.21. The quantitative estimate of drug-likeness (QED) is 0.181. The Morgan fingerprint density at radius 2 is 2.22 bits per heavy atom. The summed E-state index contributed by atoms with van der Waals surface area (Å²) < 4.78 is 6.40. The summed E-state index contributed by atoms with van der Waals surface area (Å²) in [6.45, 7) is 0.286. The van der Waals surface area contributed by atoms with Gasteiger partial charge < -0.3 is 25.5 Å². The van der Waals surface area contributed by atoms with Gasteiger partial charge >= 0.3 is 12.0 Å². The van der Waals surface area contributed by atoms with Gasteiger partial charge in [-0.2, -0.15) is 9.55 Å². The second-order valence-corrected chi connectivity index (χ2v) is 7.72. The maximum Gasteiger partial charge on any atom is 0.352 e. The summed E-state index contributed by atoms with van der Waals surface area (Å²) in [5.74, 6) is -2.44. The van der Waals surface area contributed by atoms with E-state index in [1.54, 1.807) is 29.4 Å². The number of fused-ring (bicyclic) bond motifs is 1. The Hall–Kier alpha value is -4.01. The summed E-state index contributed by atoms with van der Waals surface area (Å²) in [6, 6.07) is -1.25. The summed E-state index contributed by atoms with van der Waals surface area (Å²) in [5.41, 5.74) is 5.51. The molecule has 1 unspecified atom stereocenters. The third kappa shape index (κ3) is 3.84. The van der Waals surface area contributed by atoms with Crippen molar-refractivity contribution in [2.45, 2.75) is 18.0 Å². The molecular weight excluding hydrogens is 444 g/mol. The Kier molecular flexibility index (Phi) is 5.72. The number of carboxylic acid groups (broad SMARTS) is 1. The first-order valence-corrected chi connectivity index (χ1v) is 10.2. The van der Waals surface area contributed by atoms with Crippen LogP contribution in [0.2, 0.25) is 0 Å². The van der Waals surface area contributed by atoms with Crippen molar-refractivity contribution in [1.82, 2.24) is 25.3 Å². The second-order valence-electron chi connectivity index (χ2n) is 6.61. The van der Waals surface area contributed by atoms with Crippen LogP contribution < -0.4 is 15.6 Å². The number of nitrogens with two attached hydrogens (primary N) is 1. The number of aliphatic carboxylic acids is 1. The molecule has 2 atom stereocenters. The van der Waals surface area contributed by atoms with Crippen molar-refractivity contribution < 1.29 is 33.4 Å². The predicted octanol–water partition coefficient (Wildman–Crippen LogP) is -1.88. The zero-order valence-corrected chi connectivity index (χ0v) is 17.4. The molecule has 4 heterocycles. The highest BCUT2D eigenvalue weighted by atomic mass is 32.2. The van der Waals surface area contributed by atoms with Crippen molar-refractivity contribution in [2.75, 3.05) is 18.6 Å². The summed E-state index contributed by atoms with van der Waals surface area (Å²) in [6.07, 6.45) is 6.56. The first-order valence-electron chi connectivity index (χ1n) is 9.11. The number of thioether (sulfide) groups is 1. The van der Waals surface area contributed by atoms with Crippen molar-refractivity contribution in [1.29, 1.82) is 0 Å². The van der Waals surface area contributed by atoms with Gasteiger partial charge in [0.25, 0.3) is 11.8 Å². The van der Waals surface area contributed by atoms with E-state index in [0.717, 1.165) is 0 Å². The first-order chi connectivity index (χ1) is 15.4. The number of hydrogen-bond donors (Lipinski definition) is 3. The van der Waals surface area contributed by atoms with E-state index in [9.17, 15) is 19.5 Å². The van der Waals surface area contributed by atoms with E-state index in [0.29, 0.717) is 11.3 Å². The fourth-order valence-electron chi connectivity index (χ4n) is 3.29. The van der Waals surface area contributed by atoms with Gasteiger partial charge in [-0.3, -0.25) is 19.5 Å². The minimum atomic E-state index is -1.22. The number of aromatic nitrogens is 4. The van der Waals surface area contributed by atoms with Crippen molar-refractivity contribution in [3.63, 3.8) is 0 Å². The molecule has 0 spiro atoms. The number of nitrogen functional groups attached to an aromatic ring is 1. The zero-order chi connectivity index (χ0) is 22.8. The van der Waals surface area contributed by atoms with Gasteiger partial charge in [0, 0.05) is 11.3 Å². The third-order valence-electron chi connectivity index (χ3n) is 4.65. The lowest BCUT2D eigenvalue weighted by molar-refractivity contribution is -0.689. The third-order valence-corrected chi connectivity index (χ3v) is 5.99. The van der Waals surface area contributed by atoms with Crippen LogP contribution in [0.4, 0.5) is 6.01 Å². The largest absolute Gasteiger partial charge is 0.477 e. The van der Waals surface area contributed by atoms with E-state index in [4.69, 9.17) is 5.73 Å². The molecule has 0 aliphatic carbocycles. The molecule has 1 fully saturated rings. The van der Waals surface area contributed by atoms with E-state index < -0.39 is 29.2 Å². The molecular formula is C17H17N8O6S+. The summed E-state index contributed by atoms with van der Waals surface area (Å²) in [7, 11) is 1.22. The lowest BCUT2D eigenvalue weighted by atomic mass is 10.0. The number of amides is 2. The zero-order valence-electron chi connectivity index (χ0n) is 16.5. The lowest BCUT2D eigenvalue weighted by Crippen LogP contribution is -2.71.